The minimum Gasteiger partial charge on any atom is -0.497 e. The molecule has 0 unspecified atom stereocenters. The zero-order chi connectivity index (χ0) is 27.2. The lowest BCUT2D eigenvalue weighted by molar-refractivity contribution is -0.126. The molecule has 10 nitrogen and oxygen atoms in total. The quantitative estimate of drug-likeness (QED) is 0.439. The lowest BCUT2D eigenvalue weighted by Gasteiger charge is -2.31. The molecule has 0 spiro atoms. The smallest absolute Gasteiger partial charge is 0.243 e. The molecule has 0 saturated carbocycles. The van der Waals surface area contributed by atoms with Crippen LogP contribution in [0.4, 0.5) is 0 Å². The van der Waals surface area contributed by atoms with Crippen LogP contribution in [-0.2, 0) is 24.8 Å². The number of amides is 1. The summed E-state index contributed by atoms with van der Waals surface area (Å²) in [6, 6.07) is 12.5. The molecule has 2 heterocycles. The molecular formula is C26H35N3O7S2. The maximum atomic E-state index is 13.0. The Balaban J connectivity index is 1.24. The van der Waals surface area contributed by atoms with E-state index in [0.717, 1.165) is 19.3 Å². The van der Waals surface area contributed by atoms with Gasteiger partial charge in [0.1, 0.15) is 18.1 Å². The Labute approximate surface area is 225 Å². The molecule has 0 aromatic heterocycles. The summed E-state index contributed by atoms with van der Waals surface area (Å²) in [5, 5.41) is 2.82. The average molecular weight is 566 g/mol. The first-order valence-electron chi connectivity index (χ1n) is 12.9. The molecule has 0 radical (unpaired) electrons. The van der Waals surface area contributed by atoms with Crippen LogP contribution in [-0.4, -0.2) is 77.8 Å². The van der Waals surface area contributed by atoms with Gasteiger partial charge >= 0.3 is 0 Å². The number of carbonyl (C=O) groups excluding carboxylic acids is 1. The number of ether oxygens (including phenoxy) is 2. The van der Waals surface area contributed by atoms with E-state index < -0.39 is 26.0 Å². The molecule has 208 valence electrons. The van der Waals surface area contributed by atoms with Crippen LogP contribution in [0.1, 0.15) is 32.1 Å². The van der Waals surface area contributed by atoms with Crippen molar-refractivity contribution in [3.63, 3.8) is 0 Å². The monoisotopic (exact) mass is 565 g/mol. The fourth-order valence-electron chi connectivity index (χ4n) is 4.72. The van der Waals surface area contributed by atoms with E-state index in [0.29, 0.717) is 44.0 Å². The van der Waals surface area contributed by atoms with Gasteiger partial charge in [0.25, 0.3) is 0 Å². The van der Waals surface area contributed by atoms with Crippen LogP contribution in [0.2, 0.25) is 0 Å². The maximum absolute atomic E-state index is 13.0. The molecule has 2 aromatic rings. The summed E-state index contributed by atoms with van der Waals surface area (Å²) in [6.07, 6.45) is 4.01. The fraction of sp³-hybridized carbons (Fsp3) is 0.500. The molecule has 2 aliphatic heterocycles. The first-order chi connectivity index (χ1) is 18.2. The van der Waals surface area contributed by atoms with E-state index >= 15 is 0 Å². The largest absolute Gasteiger partial charge is 0.497 e. The predicted molar refractivity (Wildman–Crippen MR) is 142 cm³/mol. The minimum atomic E-state index is -3.71. The summed E-state index contributed by atoms with van der Waals surface area (Å²) >= 11 is 0. The molecule has 38 heavy (non-hydrogen) atoms. The molecule has 1 N–H and O–H groups in total. The summed E-state index contributed by atoms with van der Waals surface area (Å²) in [4.78, 5) is 13.1. The van der Waals surface area contributed by atoms with Gasteiger partial charge in [0.2, 0.25) is 26.0 Å². The van der Waals surface area contributed by atoms with Crippen molar-refractivity contribution < 1.29 is 31.1 Å². The Morgan fingerprint density at radius 3 is 1.97 bits per heavy atom. The van der Waals surface area contributed by atoms with Crippen LogP contribution in [0.5, 0.6) is 11.5 Å². The number of hydrogen-bond donors (Lipinski definition) is 1. The fourth-order valence-corrected chi connectivity index (χ4v) is 7.76. The highest BCUT2D eigenvalue weighted by Crippen LogP contribution is 2.26. The molecule has 0 aliphatic carbocycles. The molecule has 2 saturated heterocycles. The summed E-state index contributed by atoms with van der Waals surface area (Å²) in [5.74, 6) is 0.411. The van der Waals surface area contributed by atoms with Crippen molar-refractivity contribution in [3.8, 4) is 11.5 Å². The Bertz CT molecular complexity index is 1290. The molecule has 2 aliphatic rings. The Kier molecular flexibility index (Phi) is 9.29. The first-order valence-corrected chi connectivity index (χ1v) is 15.7. The van der Waals surface area contributed by atoms with Gasteiger partial charge in [-0.3, -0.25) is 4.79 Å². The molecule has 4 rings (SSSR count). The number of nitrogens with one attached hydrogen (secondary N) is 1. The number of hydrogen-bond acceptors (Lipinski definition) is 7. The zero-order valence-electron chi connectivity index (χ0n) is 21.5. The summed E-state index contributed by atoms with van der Waals surface area (Å²) in [6.45, 7) is 2.02. The van der Waals surface area contributed by atoms with Gasteiger partial charge in [-0.25, -0.2) is 16.8 Å². The number of rotatable bonds is 10. The Hall–Kier alpha value is -2.67. The number of methoxy groups -OCH3 is 1. The third-order valence-electron chi connectivity index (χ3n) is 6.90. The third kappa shape index (κ3) is 6.66. The van der Waals surface area contributed by atoms with Gasteiger partial charge in [-0.2, -0.15) is 8.61 Å². The Morgan fingerprint density at radius 2 is 1.37 bits per heavy atom. The summed E-state index contributed by atoms with van der Waals surface area (Å²) < 4.78 is 65.3. The van der Waals surface area contributed by atoms with Crippen molar-refractivity contribution in [2.75, 3.05) is 46.4 Å². The van der Waals surface area contributed by atoms with Gasteiger partial charge in [0, 0.05) is 26.2 Å². The number of sulfonamides is 2. The van der Waals surface area contributed by atoms with Crippen molar-refractivity contribution >= 4 is 26.0 Å². The Morgan fingerprint density at radius 1 is 0.816 bits per heavy atom. The minimum absolute atomic E-state index is 0.119. The van der Waals surface area contributed by atoms with E-state index in [1.165, 1.54) is 40.0 Å². The normalized spacial score (nSPS) is 19.6. The van der Waals surface area contributed by atoms with Gasteiger partial charge in [0.15, 0.2) is 0 Å². The highest BCUT2D eigenvalue weighted by atomic mass is 32.2. The lowest BCUT2D eigenvalue weighted by Crippen LogP contribution is -2.45. The number of piperidine rings is 2. The number of benzene rings is 2. The SMILES string of the molecule is COc1ccc(S(=O)(=O)N2CCC[C@H](C(=O)NCCOc3ccc(S(=O)(=O)N4CCCCC4)cc3)C2)cc1. The molecule has 0 bridgehead atoms. The zero-order valence-corrected chi connectivity index (χ0v) is 23.2. The second kappa shape index (κ2) is 12.5. The van der Waals surface area contributed by atoms with E-state index in [1.54, 1.807) is 24.3 Å². The van der Waals surface area contributed by atoms with Crippen molar-refractivity contribution in [2.24, 2.45) is 5.92 Å². The molecule has 1 amide bonds. The highest BCUT2D eigenvalue weighted by Gasteiger charge is 2.33. The van der Waals surface area contributed by atoms with Crippen molar-refractivity contribution in [1.29, 1.82) is 0 Å². The first kappa shape index (κ1) is 28.3. The van der Waals surface area contributed by atoms with Gasteiger partial charge in [-0.1, -0.05) is 6.42 Å². The van der Waals surface area contributed by atoms with Crippen LogP contribution < -0.4 is 14.8 Å². The van der Waals surface area contributed by atoms with Gasteiger partial charge in [-0.05, 0) is 74.2 Å². The van der Waals surface area contributed by atoms with Crippen LogP contribution in [0, 0.1) is 5.92 Å². The van der Waals surface area contributed by atoms with Crippen molar-refractivity contribution in [1.82, 2.24) is 13.9 Å². The maximum Gasteiger partial charge on any atom is 0.243 e. The van der Waals surface area contributed by atoms with Crippen LogP contribution in [0.25, 0.3) is 0 Å². The lowest BCUT2D eigenvalue weighted by atomic mass is 9.99. The van der Waals surface area contributed by atoms with E-state index in [9.17, 15) is 21.6 Å². The van der Waals surface area contributed by atoms with Gasteiger partial charge in [-0.15, -0.1) is 0 Å². The molecule has 2 fully saturated rings. The second-order valence-electron chi connectivity index (χ2n) is 9.45. The van der Waals surface area contributed by atoms with Crippen molar-refractivity contribution in [2.45, 2.75) is 41.9 Å². The molecule has 12 heteroatoms. The standard InChI is InChI=1S/C26H35N3O7S2/c1-35-22-7-11-25(12-8-22)38(33,34)29-18-5-6-21(20-29)26(30)27-15-19-36-23-9-13-24(14-10-23)37(31,32)28-16-3-2-4-17-28/h7-14,21H,2-6,15-20H2,1H3,(H,27,30)/t21-/m0/s1. The van der Waals surface area contributed by atoms with Crippen molar-refractivity contribution in [3.05, 3.63) is 48.5 Å². The predicted octanol–water partition coefficient (Wildman–Crippen LogP) is 2.47. The highest BCUT2D eigenvalue weighted by molar-refractivity contribution is 7.89. The van der Waals surface area contributed by atoms with E-state index in [-0.39, 0.29) is 35.4 Å². The second-order valence-corrected chi connectivity index (χ2v) is 13.3. The van der Waals surface area contributed by atoms with Gasteiger partial charge in [0.05, 0.1) is 29.4 Å². The topological polar surface area (TPSA) is 122 Å². The van der Waals surface area contributed by atoms with Crippen LogP contribution in [0.3, 0.4) is 0 Å². The number of carbonyl (C=O) groups is 1. The van der Waals surface area contributed by atoms with Gasteiger partial charge < -0.3 is 14.8 Å². The number of nitrogens with zero attached hydrogens (tertiary/aromatic N) is 2. The third-order valence-corrected chi connectivity index (χ3v) is 10.7. The molecular weight excluding hydrogens is 530 g/mol. The van der Waals surface area contributed by atoms with E-state index in [4.69, 9.17) is 9.47 Å². The van der Waals surface area contributed by atoms with E-state index in [2.05, 4.69) is 5.32 Å². The van der Waals surface area contributed by atoms with Crippen LogP contribution in [0.15, 0.2) is 58.3 Å². The van der Waals surface area contributed by atoms with E-state index in [1.807, 2.05) is 0 Å². The van der Waals surface area contributed by atoms with Crippen LogP contribution >= 0.6 is 0 Å². The average Bonchev–Trinajstić information content (AvgIpc) is 2.96. The molecule has 2 aromatic carbocycles. The summed E-state index contributed by atoms with van der Waals surface area (Å²) in [7, 11) is -5.69. The molecule has 1 atom stereocenters. The summed E-state index contributed by atoms with van der Waals surface area (Å²) in [5.41, 5.74) is 0.